The van der Waals surface area contributed by atoms with Crippen LogP contribution in [0.3, 0.4) is 0 Å². The maximum absolute atomic E-state index is 2.37. The lowest BCUT2D eigenvalue weighted by Gasteiger charge is -2.17. The second-order valence-corrected chi connectivity index (χ2v) is 5.51. The fourth-order valence-corrected chi connectivity index (χ4v) is 2.18. The van der Waals surface area contributed by atoms with E-state index in [1.54, 1.807) is 5.56 Å². The molecule has 0 fully saturated rings. The third kappa shape index (κ3) is 3.14. The summed E-state index contributed by atoms with van der Waals surface area (Å²) in [7, 11) is 1.27. The largest absolute Gasteiger partial charge is 0.121 e. The first-order valence-electron chi connectivity index (χ1n) is 6.55. The summed E-state index contributed by atoms with van der Waals surface area (Å²) in [5.41, 5.74) is 6.00. The van der Waals surface area contributed by atoms with Crippen LogP contribution in [0.5, 0.6) is 0 Å². The number of benzene rings is 1. The Morgan fingerprint density at radius 1 is 1.06 bits per heavy atom. The lowest BCUT2D eigenvalue weighted by molar-refractivity contribution is 0.848. The minimum Gasteiger partial charge on any atom is -0.0891 e. The van der Waals surface area contributed by atoms with Crippen LogP contribution in [-0.2, 0) is 6.42 Å². The summed E-state index contributed by atoms with van der Waals surface area (Å²) < 4.78 is 0. The van der Waals surface area contributed by atoms with Gasteiger partial charge in [-0.25, -0.2) is 0 Å². The smallest absolute Gasteiger partial charge is 0.0891 e. The lowest BCUT2D eigenvalue weighted by Crippen LogP contribution is -2.04. The molecule has 1 rings (SSSR count). The Kier molecular flexibility index (Phi) is 4.64. The molecule has 88 valence electrons. The average molecular weight is 216 g/mol. The molecule has 0 saturated carbocycles. The second kappa shape index (κ2) is 5.56. The van der Waals surface area contributed by atoms with E-state index in [0.29, 0.717) is 5.92 Å². The van der Waals surface area contributed by atoms with Crippen molar-refractivity contribution in [1.29, 1.82) is 0 Å². The van der Waals surface area contributed by atoms with E-state index in [2.05, 4.69) is 53.6 Å². The zero-order valence-corrected chi connectivity index (χ0v) is 11.7. The van der Waals surface area contributed by atoms with Crippen LogP contribution in [0.15, 0.2) is 12.1 Å². The monoisotopic (exact) mass is 216 g/mol. The molecule has 1 aromatic carbocycles. The van der Waals surface area contributed by atoms with Crippen LogP contribution >= 0.6 is 0 Å². The fraction of sp³-hybridized carbons (Fsp3) is 0.600. The van der Waals surface area contributed by atoms with E-state index in [1.165, 1.54) is 30.4 Å². The van der Waals surface area contributed by atoms with Crippen molar-refractivity contribution in [2.75, 3.05) is 0 Å². The van der Waals surface area contributed by atoms with Gasteiger partial charge in [0.2, 0.25) is 0 Å². The highest BCUT2D eigenvalue weighted by molar-refractivity contribution is 6.35. The summed E-state index contributed by atoms with van der Waals surface area (Å²) in [5, 5.41) is 0. The van der Waals surface area contributed by atoms with Gasteiger partial charge in [-0.2, -0.15) is 0 Å². The molecule has 0 N–H and O–H groups in total. The van der Waals surface area contributed by atoms with Crippen molar-refractivity contribution < 1.29 is 0 Å². The van der Waals surface area contributed by atoms with Crippen molar-refractivity contribution >= 4 is 7.28 Å². The molecule has 0 radical (unpaired) electrons. The third-order valence-electron chi connectivity index (χ3n) is 3.63. The number of aryl methyl sites for hydroxylation is 2. The predicted molar refractivity (Wildman–Crippen MR) is 76.1 cm³/mol. The van der Waals surface area contributed by atoms with Crippen molar-refractivity contribution in [3.63, 3.8) is 0 Å². The lowest BCUT2D eigenvalue weighted by atomic mass is 9.65. The number of hydrogen-bond acceptors (Lipinski definition) is 0. The molecule has 0 aliphatic carbocycles. The molecule has 0 bridgehead atoms. The van der Waals surface area contributed by atoms with Gasteiger partial charge in [0.15, 0.2) is 0 Å². The highest BCUT2D eigenvalue weighted by Crippen LogP contribution is 2.25. The Balaban J connectivity index is 3.03. The van der Waals surface area contributed by atoms with E-state index in [0.717, 1.165) is 5.82 Å². The molecule has 1 unspecified atom stereocenters. The van der Waals surface area contributed by atoms with E-state index >= 15 is 0 Å². The highest BCUT2D eigenvalue weighted by Gasteiger charge is 2.10. The summed E-state index contributed by atoms with van der Waals surface area (Å²) in [6, 6.07) is 4.74. The molecule has 0 aliphatic heterocycles. The van der Waals surface area contributed by atoms with Gasteiger partial charge in [-0.3, -0.25) is 0 Å². The maximum atomic E-state index is 2.37. The first-order chi connectivity index (χ1) is 7.45. The average Bonchev–Trinajstić information content (AvgIpc) is 2.22. The maximum Gasteiger partial charge on any atom is 0.121 e. The third-order valence-corrected chi connectivity index (χ3v) is 3.63. The zero-order chi connectivity index (χ0) is 12.3. The Morgan fingerprint density at radius 3 is 1.94 bits per heavy atom. The van der Waals surface area contributed by atoms with Gasteiger partial charge in [0.25, 0.3) is 0 Å². The molecule has 0 saturated heterocycles. The van der Waals surface area contributed by atoms with E-state index in [9.17, 15) is 0 Å². The fourth-order valence-electron chi connectivity index (χ4n) is 2.18. The van der Waals surface area contributed by atoms with E-state index in [-0.39, 0.29) is 0 Å². The second-order valence-electron chi connectivity index (χ2n) is 5.51. The molecule has 0 heterocycles. The molecule has 0 spiro atoms. The van der Waals surface area contributed by atoms with Crippen LogP contribution in [0.1, 0.15) is 48.9 Å². The Hall–Kier alpha value is -0.715. The van der Waals surface area contributed by atoms with Crippen LogP contribution in [0.2, 0.25) is 12.6 Å². The summed E-state index contributed by atoms with van der Waals surface area (Å²) in [6.07, 6.45) is 1.23. The number of hydrogen-bond donors (Lipinski definition) is 0. The van der Waals surface area contributed by atoms with Gasteiger partial charge in [0, 0.05) is 0 Å². The molecule has 1 atom stereocenters. The van der Waals surface area contributed by atoms with Gasteiger partial charge < -0.3 is 0 Å². The van der Waals surface area contributed by atoms with Crippen molar-refractivity contribution in [1.82, 2.24) is 0 Å². The quantitative estimate of drug-likeness (QED) is 0.659. The Labute approximate surface area is 102 Å². The number of rotatable bonds is 4. The van der Waals surface area contributed by atoms with Gasteiger partial charge in [0.1, 0.15) is 7.28 Å². The van der Waals surface area contributed by atoms with Crippen LogP contribution in [0, 0.1) is 13.8 Å². The normalized spacial score (nSPS) is 12.9. The summed E-state index contributed by atoms with van der Waals surface area (Å²) in [4.78, 5) is 0. The minimum atomic E-state index is 0.634. The molecule has 1 heteroatoms. The first-order valence-corrected chi connectivity index (χ1v) is 6.55. The van der Waals surface area contributed by atoms with Crippen LogP contribution in [0.25, 0.3) is 0 Å². The molecule has 0 aromatic heterocycles. The van der Waals surface area contributed by atoms with Gasteiger partial charge in [-0.1, -0.05) is 45.5 Å². The van der Waals surface area contributed by atoms with Crippen molar-refractivity contribution in [2.24, 2.45) is 0 Å². The summed E-state index contributed by atoms with van der Waals surface area (Å²) in [6.45, 7) is 13.7. The van der Waals surface area contributed by atoms with Crippen LogP contribution < -0.4 is 0 Å². The van der Waals surface area contributed by atoms with Crippen LogP contribution in [-0.4, -0.2) is 7.28 Å². The van der Waals surface area contributed by atoms with Gasteiger partial charge in [-0.05, 0) is 48.4 Å². The van der Waals surface area contributed by atoms with Crippen molar-refractivity contribution in [3.05, 3.63) is 34.4 Å². The zero-order valence-electron chi connectivity index (χ0n) is 11.7. The first kappa shape index (κ1) is 13.4. The minimum absolute atomic E-state index is 0.634. The van der Waals surface area contributed by atoms with E-state index in [1.807, 2.05) is 0 Å². The van der Waals surface area contributed by atoms with Gasteiger partial charge >= 0.3 is 0 Å². The van der Waals surface area contributed by atoms with Gasteiger partial charge in [0.05, 0.1) is 0 Å². The summed E-state index contributed by atoms with van der Waals surface area (Å²) in [5.74, 6) is 1.43. The summed E-state index contributed by atoms with van der Waals surface area (Å²) >= 11 is 0. The predicted octanol–water partition coefficient (Wildman–Crippen LogP) is 4.26. The molecule has 1 aromatic rings. The highest BCUT2D eigenvalue weighted by atomic mass is 14.1. The van der Waals surface area contributed by atoms with Crippen molar-refractivity contribution in [3.8, 4) is 0 Å². The molecule has 0 nitrogen and oxygen atoms in total. The molecule has 0 amide bonds. The topological polar surface area (TPSA) is 0 Å². The molecular formula is C15H25B. The molecule has 16 heavy (non-hydrogen) atoms. The van der Waals surface area contributed by atoms with E-state index in [4.69, 9.17) is 0 Å². The molecular weight excluding hydrogens is 191 g/mol. The Morgan fingerprint density at radius 2 is 1.56 bits per heavy atom. The van der Waals surface area contributed by atoms with Gasteiger partial charge in [-0.15, -0.1) is 0 Å². The molecule has 0 aliphatic rings. The SMILES string of the molecule is CBC(C)Cc1c(C)cc(C(C)C)cc1C. The van der Waals surface area contributed by atoms with Crippen LogP contribution in [0.4, 0.5) is 0 Å². The van der Waals surface area contributed by atoms with E-state index < -0.39 is 0 Å². The van der Waals surface area contributed by atoms with Crippen molar-refractivity contribution in [2.45, 2.75) is 59.6 Å². The standard InChI is InChI=1S/C15H25B/c1-10(2)14-7-11(3)15(12(4)8-14)9-13(5)16-6/h7-8,10,13,16H,9H2,1-6H3. The Bertz CT molecular complexity index is 329.